The quantitative estimate of drug-likeness (QED) is 0.157. The zero-order valence-electron chi connectivity index (χ0n) is 29.3. The first-order chi connectivity index (χ1) is 23.4. The SMILES string of the molecule is C[C@H](Oc1cc(O[C@H]2CCN(C(=O)OC(C)(C)C)[C@H](CC#N)C2)nc(C(N)=NOC(=O)C(C)(C)c2cc(F)ccc2F)n1)[C@@H]1C[C@@H](F)CN1C. The van der Waals surface area contributed by atoms with Crippen molar-refractivity contribution >= 4 is 17.9 Å². The molecule has 272 valence electrons. The summed E-state index contributed by atoms with van der Waals surface area (Å²) in [5.41, 5.74) is 3.55. The number of amidine groups is 1. The lowest BCUT2D eigenvalue weighted by Gasteiger charge is -2.38. The van der Waals surface area contributed by atoms with E-state index < -0.39 is 65.0 Å². The number of nitrogens with two attached hydrogens (primary N) is 1. The molecule has 2 aliphatic heterocycles. The standard InChI is InChI=1S/C34H44F3N7O6/c1-19(26-15-21(36)18-43(26)7)47-27-17-28(48-23-11-13-44(22(16-23)10-12-38)32(46)49-33(2,3)4)41-30(40-27)29(39)42-50-31(45)34(5,6)24-14-20(35)8-9-25(24)37/h8-9,14,17,19,21-23,26H,10-11,13,15-16,18H2,1-7H3,(H2,39,42)/t19-,21+,22+,23-,26-/m0/s1. The van der Waals surface area contributed by atoms with Gasteiger partial charge in [0.05, 0.1) is 30.0 Å². The summed E-state index contributed by atoms with van der Waals surface area (Å²) in [6.07, 6.45) is -1.58. The van der Waals surface area contributed by atoms with Crippen LogP contribution in [0.2, 0.25) is 0 Å². The van der Waals surface area contributed by atoms with Gasteiger partial charge in [-0.05, 0) is 73.2 Å². The fraction of sp³-hybridized carbons (Fsp3) is 0.588. The van der Waals surface area contributed by atoms with Crippen molar-refractivity contribution in [3.63, 3.8) is 0 Å². The second-order valence-electron chi connectivity index (χ2n) is 14.1. The van der Waals surface area contributed by atoms with Gasteiger partial charge >= 0.3 is 12.1 Å². The van der Waals surface area contributed by atoms with Gasteiger partial charge in [-0.2, -0.15) is 15.2 Å². The molecule has 2 aliphatic rings. The minimum atomic E-state index is -1.65. The van der Waals surface area contributed by atoms with E-state index in [2.05, 4.69) is 21.2 Å². The molecule has 0 spiro atoms. The molecule has 2 fully saturated rings. The smallest absolute Gasteiger partial charge is 0.410 e. The number of hydrogen-bond donors (Lipinski definition) is 1. The lowest BCUT2D eigenvalue weighted by atomic mass is 9.84. The molecule has 1 amide bonds. The predicted octanol–water partition coefficient (Wildman–Crippen LogP) is 4.77. The molecule has 0 radical (unpaired) electrons. The van der Waals surface area contributed by atoms with Crippen molar-refractivity contribution in [1.82, 2.24) is 19.8 Å². The number of nitriles is 1. The minimum absolute atomic E-state index is 0.0124. The van der Waals surface area contributed by atoms with Gasteiger partial charge in [0.2, 0.25) is 23.4 Å². The summed E-state index contributed by atoms with van der Waals surface area (Å²) in [6.45, 7) is 10.2. The minimum Gasteiger partial charge on any atom is -0.474 e. The Morgan fingerprint density at radius 3 is 2.48 bits per heavy atom. The monoisotopic (exact) mass is 703 g/mol. The van der Waals surface area contributed by atoms with Gasteiger partial charge in [-0.15, -0.1) is 0 Å². The van der Waals surface area contributed by atoms with Gasteiger partial charge in [0.15, 0.2) is 0 Å². The van der Waals surface area contributed by atoms with E-state index in [0.717, 1.165) is 18.2 Å². The Labute approximate surface area is 289 Å². The first kappa shape index (κ1) is 38.2. The van der Waals surface area contributed by atoms with Crippen LogP contribution in [-0.4, -0.2) is 93.9 Å². The number of piperidine rings is 1. The number of alkyl halides is 1. The van der Waals surface area contributed by atoms with Crippen molar-refractivity contribution in [2.75, 3.05) is 20.1 Å². The maximum absolute atomic E-state index is 14.5. The molecule has 2 saturated heterocycles. The van der Waals surface area contributed by atoms with Gasteiger partial charge in [-0.1, -0.05) is 5.16 Å². The number of likely N-dealkylation sites (tertiary alicyclic amines) is 2. The molecule has 4 rings (SSSR count). The Bertz CT molecular complexity index is 1630. The lowest BCUT2D eigenvalue weighted by Crippen LogP contribution is -2.50. The zero-order chi connectivity index (χ0) is 37.0. The van der Waals surface area contributed by atoms with Crippen LogP contribution < -0.4 is 15.2 Å². The van der Waals surface area contributed by atoms with Crippen molar-refractivity contribution in [2.24, 2.45) is 10.9 Å². The van der Waals surface area contributed by atoms with E-state index in [1.165, 1.54) is 24.8 Å². The van der Waals surface area contributed by atoms with Crippen LogP contribution in [0.25, 0.3) is 0 Å². The van der Waals surface area contributed by atoms with Crippen molar-refractivity contribution in [2.45, 2.75) is 109 Å². The molecular formula is C34H44F3N7O6. The third-order valence-electron chi connectivity index (χ3n) is 8.56. The Morgan fingerprint density at radius 1 is 1.14 bits per heavy atom. The number of oxime groups is 1. The van der Waals surface area contributed by atoms with E-state index in [1.807, 2.05) is 4.90 Å². The number of amides is 1. The van der Waals surface area contributed by atoms with E-state index >= 15 is 0 Å². The van der Waals surface area contributed by atoms with Crippen molar-refractivity contribution in [3.8, 4) is 17.8 Å². The average Bonchev–Trinajstić information content (AvgIpc) is 3.37. The first-order valence-electron chi connectivity index (χ1n) is 16.3. The lowest BCUT2D eigenvalue weighted by molar-refractivity contribution is -0.149. The summed E-state index contributed by atoms with van der Waals surface area (Å²) in [4.78, 5) is 42.9. The third-order valence-corrected chi connectivity index (χ3v) is 8.56. The Hall–Kier alpha value is -4.65. The van der Waals surface area contributed by atoms with Crippen molar-refractivity contribution < 1.29 is 41.8 Å². The van der Waals surface area contributed by atoms with E-state index in [1.54, 1.807) is 34.7 Å². The highest BCUT2D eigenvalue weighted by Gasteiger charge is 2.38. The molecule has 2 N–H and O–H groups in total. The average molecular weight is 704 g/mol. The fourth-order valence-corrected chi connectivity index (χ4v) is 5.91. The van der Waals surface area contributed by atoms with Gasteiger partial charge in [0.1, 0.15) is 35.6 Å². The van der Waals surface area contributed by atoms with Gasteiger partial charge in [0, 0.05) is 37.5 Å². The normalized spacial score (nSPS) is 22.4. The molecule has 0 bridgehead atoms. The number of ether oxygens (including phenoxy) is 3. The molecule has 0 saturated carbocycles. The molecule has 16 heteroatoms. The summed E-state index contributed by atoms with van der Waals surface area (Å²) in [6, 6.07) is 5.52. The number of rotatable bonds is 10. The molecule has 5 atom stereocenters. The number of nitrogens with zero attached hydrogens (tertiary/aromatic N) is 6. The van der Waals surface area contributed by atoms with Crippen LogP contribution in [0.15, 0.2) is 29.4 Å². The zero-order valence-corrected chi connectivity index (χ0v) is 29.3. The molecular weight excluding hydrogens is 659 g/mol. The molecule has 50 heavy (non-hydrogen) atoms. The first-order valence-corrected chi connectivity index (χ1v) is 16.3. The van der Waals surface area contributed by atoms with Crippen LogP contribution in [0.5, 0.6) is 11.8 Å². The maximum atomic E-state index is 14.5. The molecule has 2 aromatic rings. The highest BCUT2D eigenvalue weighted by atomic mass is 19.1. The number of hydrogen-bond acceptors (Lipinski definition) is 11. The molecule has 0 unspecified atom stereocenters. The molecule has 13 nitrogen and oxygen atoms in total. The van der Waals surface area contributed by atoms with Crippen LogP contribution in [0.1, 0.15) is 78.6 Å². The van der Waals surface area contributed by atoms with Crippen molar-refractivity contribution in [1.29, 1.82) is 5.26 Å². The highest BCUT2D eigenvalue weighted by Crippen LogP contribution is 2.30. The number of carbonyl (C=O) groups excluding carboxylic acids is 2. The van der Waals surface area contributed by atoms with E-state index in [9.17, 15) is 28.0 Å². The van der Waals surface area contributed by atoms with Crippen LogP contribution in [-0.2, 0) is 19.8 Å². The van der Waals surface area contributed by atoms with Crippen LogP contribution in [0.3, 0.4) is 0 Å². The van der Waals surface area contributed by atoms with Gasteiger partial charge < -0.3 is 29.7 Å². The van der Waals surface area contributed by atoms with Gasteiger partial charge in [0.25, 0.3) is 0 Å². The van der Waals surface area contributed by atoms with Gasteiger partial charge in [-0.25, -0.2) is 22.8 Å². The van der Waals surface area contributed by atoms with E-state index in [-0.39, 0.29) is 61.5 Å². The summed E-state index contributed by atoms with van der Waals surface area (Å²) in [5.74, 6) is -3.26. The van der Waals surface area contributed by atoms with E-state index in [4.69, 9.17) is 24.8 Å². The number of likely N-dealkylation sites (N-methyl/N-ethyl adjacent to an activating group) is 1. The number of carbonyl (C=O) groups is 2. The molecule has 1 aromatic carbocycles. The summed E-state index contributed by atoms with van der Waals surface area (Å²) >= 11 is 0. The molecule has 1 aromatic heterocycles. The fourth-order valence-electron chi connectivity index (χ4n) is 5.91. The van der Waals surface area contributed by atoms with Crippen LogP contribution in [0, 0.1) is 23.0 Å². The summed E-state index contributed by atoms with van der Waals surface area (Å²) < 4.78 is 60.3. The number of halogens is 3. The number of benzene rings is 1. The summed E-state index contributed by atoms with van der Waals surface area (Å²) in [5, 5.41) is 13.1. The van der Waals surface area contributed by atoms with Crippen molar-refractivity contribution in [3.05, 3.63) is 47.3 Å². The van der Waals surface area contributed by atoms with Crippen LogP contribution in [0.4, 0.5) is 18.0 Å². The van der Waals surface area contributed by atoms with Gasteiger partial charge in [-0.3, -0.25) is 4.90 Å². The van der Waals surface area contributed by atoms with E-state index in [0.29, 0.717) is 6.42 Å². The largest absolute Gasteiger partial charge is 0.474 e. The summed E-state index contributed by atoms with van der Waals surface area (Å²) in [7, 11) is 1.79. The maximum Gasteiger partial charge on any atom is 0.410 e. The second-order valence-corrected chi connectivity index (χ2v) is 14.1. The Morgan fingerprint density at radius 2 is 1.84 bits per heavy atom. The Balaban J connectivity index is 1.58. The number of aromatic nitrogens is 2. The Kier molecular flexibility index (Phi) is 11.8. The predicted molar refractivity (Wildman–Crippen MR) is 175 cm³/mol. The molecule has 0 aliphatic carbocycles. The molecule has 3 heterocycles. The third kappa shape index (κ3) is 9.52. The van der Waals surface area contributed by atoms with Crippen LogP contribution >= 0.6 is 0 Å². The highest BCUT2D eigenvalue weighted by molar-refractivity contribution is 5.94. The second kappa shape index (κ2) is 15.5. The topological polar surface area (TPSA) is 165 Å².